The van der Waals surface area contributed by atoms with Crippen molar-refractivity contribution in [1.29, 1.82) is 0 Å². The molecular formula is C12H24N2O3. The van der Waals surface area contributed by atoms with Crippen molar-refractivity contribution in [3.05, 3.63) is 0 Å². The summed E-state index contributed by atoms with van der Waals surface area (Å²) in [5.74, 6) is 0.147. The summed E-state index contributed by atoms with van der Waals surface area (Å²) in [7, 11) is 1.62. The summed E-state index contributed by atoms with van der Waals surface area (Å²) in [5.41, 5.74) is 0. The van der Waals surface area contributed by atoms with Crippen LogP contribution in [0.1, 0.15) is 26.2 Å². The average Bonchev–Trinajstić information content (AvgIpc) is 2.68. The Morgan fingerprint density at radius 3 is 3.00 bits per heavy atom. The molecule has 2 atom stereocenters. The van der Waals surface area contributed by atoms with E-state index in [0.29, 0.717) is 13.0 Å². The number of methoxy groups -OCH3 is 1. The van der Waals surface area contributed by atoms with Gasteiger partial charge in [-0.3, -0.25) is 4.79 Å². The van der Waals surface area contributed by atoms with Crippen molar-refractivity contribution in [3.63, 3.8) is 0 Å². The van der Waals surface area contributed by atoms with Gasteiger partial charge in [0.1, 0.15) is 0 Å². The highest BCUT2D eigenvalue weighted by Crippen LogP contribution is 2.17. The van der Waals surface area contributed by atoms with E-state index in [2.05, 4.69) is 12.2 Å². The highest BCUT2D eigenvalue weighted by Gasteiger charge is 2.35. The van der Waals surface area contributed by atoms with Gasteiger partial charge in [0.2, 0.25) is 5.91 Å². The monoisotopic (exact) mass is 244 g/mol. The van der Waals surface area contributed by atoms with Crippen molar-refractivity contribution in [2.75, 3.05) is 33.4 Å². The molecule has 1 amide bonds. The molecule has 0 bridgehead atoms. The van der Waals surface area contributed by atoms with E-state index in [1.165, 1.54) is 0 Å². The van der Waals surface area contributed by atoms with Crippen LogP contribution in [0, 0.1) is 0 Å². The molecule has 1 fully saturated rings. The Hall–Kier alpha value is -0.650. The van der Waals surface area contributed by atoms with E-state index in [0.717, 1.165) is 25.9 Å². The lowest BCUT2D eigenvalue weighted by molar-refractivity contribution is -0.132. The lowest BCUT2D eigenvalue weighted by Gasteiger charge is -2.27. The van der Waals surface area contributed by atoms with Gasteiger partial charge in [-0.1, -0.05) is 6.92 Å². The molecule has 0 radical (unpaired) electrons. The van der Waals surface area contributed by atoms with Crippen LogP contribution in [-0.4, -0.2) is 61.4 Å². The number of carbonyl (C=O) groups is 1. The number of aliphatic hydroxyl groups is 1. The SMILES string of the molecule is CCCNC1CCN(C(CCO)COC)C1=O. The molecule has 17 heavy (non-hydrogen) atoms. The predicted octanol–water partition coefficient (Wildman–Crippen LogP) is -0.0157. The maximum atomic E-state index is 12.1. The summed E-state index contributed by atoms with van der Waals surface area (Å²) in [6.07, 6.45) is 2.46. The number of carbonyl (C=O) groups excluding carboxylic acids is 1. The van der Waals surface area contributed by atoms with Gasteiger partial charge in [-0.2, -0.15) is 0 Å². The largest absolute Gasteiger partial charge is 0.396 e. The van der Waals surface area contributed by atoms with Gasteiger partial charge < -0.3 is 20.1 Å². The zero-order valence-electron chi connectivity index (χ0n) is 10.8. The number of ether oxygens (including phenoxy) is 1. The summed E-state index contributed by atoms with van der Waals surface area (Å²) < 4.78 is 5.11. The number of hydrogen-bond donors (Lipinski definition) is 2. The fourth-order valence-corrected chi connectivity index (χ4v) is 2.24. The third kappa shape index (κ3) is 3.94. The first-order chi connectivity index (χ1) is 8.24. The van der Waals surface area contributed by atoms with Crippen molar-refractivity contribution in [2.45, 2.75) is 38.3 Å². The third-order valence-corrected chi connectivity index (χ3v) is 3.14. The van der Waals surface area contributed by atoms with Crippen LogP contribution in [0.5, 0.6) is 0 Å². The van der Waals surface area contributed by atoms with Crippen LogP contribution in [0.2, 0.25) is 0 Å². The zero-order valence-corrected chi connectivity index (χ0v) is 10.8. The molecule has 100 valence electrons. The van der Waals surface area contributed by atoms with Crippen LogP contribution in [0.15, 0.2) is 0 Å². The molecule has 5 heteroatoms. The molecular weight excluding hydrogens is 220 g/mol. The fourth-order valence-electron chi connectivity index (χ4n) is 2.24. The number of rotatable bonds is 8. The second kappa shape index (κ2) is 7.63. The zero-order chi connectivity index (χ0) is 12.7. The minimum Gasteiger partial charge on any atom is -0.396 e. The maximum Gasteiger partial charge on any atom is 0.240 e. The van der Waals surface area contributed by atoms with Gasteiger partial charge in [0, 0.05) is 20.3 Å². The molecule has 2 N–H and O–H groups in total. The highest BCUT2D eigenvalue weighted by molar-refractivity contribution is 5.84. The Balaban J connectivity index is 2.50. The Bertz CT molecular complexity index is 230. The van der Waals surface area contributed by atoms with Gasteiger partial charge in [-0.15, -0.1) is 0 Å². The van der Waals surface area contributed by atoms with E-state index in [-0.39, 0.29) is 24.6 Å². The van der Waals surface area contributed by atoms with Crippen molar-refractivity contribution < 1.29 is 14.6 Å². The first kappa shape index (κ1) is 14.4. The van der Waals surface area contributed by atoms with Gasteiger partial charge in [0.15, 0.2) is 0 Å². The molecule has 2 unspecified atom stereocenters. The number of amides is 1. The smallest absolute Gasteiger partial charge is 0.240 e. The first-order valence-electron chi connectivity index (χ1n) is 6.38. The lowest BCUT2D eigenvalue weighted by atomic mass is 10.2. The van der Waals surface area contributed by atoms with E-state index in [1.54, 1.807) is 7.11 Å². The van der Waals surface area contributed by atoms with Crippen molar-refractivity contribution in [3.8, 4) is 0 Å². The molecule has 0 saturated carbocycles. The van der Waals surface area contributed by atoms with Crippen LogP contribution in [0.25, 0.3) is 0 Å². The van der Waals surface area contributed by atoms with Gasteiger partial charge in [-0.05, 0) is 25.8 Å². The minimum atomic E-state index is -0.0481. The van der Waals surface area contributed by atoms with E-state index >= 15 is 0 Å². The molecule has 1 rings (SSSR count). The van der Waals surface area contributed by atoms with Crippen molar-refractivity contribution in [2.24, 2.45) is 0 Å². The number of aliphatic hydroxyl groups excluding tert-OH is 1. The van der Waals surface area contributed by atoms with E-state index < -0.39 is 0 Å². The molecule has 0 spiro atoms. The van der Waals surface area contributed by atoms with Crippen LogP contribution in [0.3, 0.4) is 0 Å². The van der Waals surface area contributed by atoms with Gasteiger partial charge in [0.05, 0.1) is 18.7 Å². The molecule has 0 aromatic rings. The summed E-state index contributed by atoms with van der Waals surface area (Å²) >= 11 is 0. The molecule has 1 heterocycles. The van der Waals surface area contributed by atoms with Crippen molar-refractivity contribution in [1.82, 2.24) is 10.2 Å². The first-order valence-corrected chi connectivity index (χ1v) is 6.38. The summed E-state index contributed by atoms with van der Waals surface area (Å²) in [6, 6.07) is -0.0427. The molecule has 5 nitrogen and oxygen atoms in total. The molecule has 1 aliphatic heterocycles. The van der Waals surface area contributed by atoms with Crippen LogP contribution < -0.4 is 5.32 Å². The Morgan fingerprint density at radius 1 is 1.65 bits per heavy atom. The quantitative estimate of drug-likeness (QED) is 0.630. The van der Waals surface area contributed by atoms with Gasteiger partial charge in [0.25, 0.3) is 0 Å². The predicted molar refractivity (Wildman–Crippen MR) is 65.8 cm³/mol. The molecule has 1 aliphatic rings. The topological polar surface area (TPSA) is 61.8 Å². The van der Waals surface area contributed by atoms with E-state index in [4.69, 9.17) is 9.84 Å². The summed E-state index contributed by atoms with van der Waals surface area (Å²) in [4.78, 5) is 14.0. The number of nitrogens with one attached hydrogen (secondary N) is 1. The number of nitrogens with zero attached hydrogens (tertiary/aromatic N) is 1. The Labute approximate surface area is 103 Å². The van der Waals surface area contributed by atoms with Crippen LogP contribution in [-0.2, 0) is 9.53 Å². The Morgan fingerprint density at radius 2 is 2.41 bits per heavy atom. The number of hydrogen-bond acceptors (Lipinski definition) is 4. The number of likely N-dealkylation sites (tertiary alicyclic amines) is 1. The van der Waals surface area contributed by atoms with Crippen LogP contribution in [0.4, 0.5) is 0 Å². The maximum absolute atomic E-state index is 12.1. The summed E-state index contributed by atoms with van der Waals surface area (Å²) in [5, 5.41) is 12.3. The van der Waals surface area contributed by atoms with Crippen molar-refractivity contribution >= 4 is 5.91 Å². The van der Waals surface area contributed by atoms with E-state index in [1.807, 2.05) is 4.90 Å². The highest BCUT2D eigenvalue weighted by atomic mass is 16.5. The average molecular weight is 244 g/mol. The minimum absolute atomic E-state index is 0.00549. The lowest BCUT2D eigenvalue weighted by Crippen LogP contribution is -2.45. The van der Waals surface area contributed by atoms with Gasteiger partial charge in [-0.25, -0.2) is 0 Å². The Kier molecular flexibility index (Phi) is 6.47. The standard InChI is InChI=1S/C12H24N2O3/c1-3-6-13-11-4-7-14(12(11)16)10(5-8-15)9-17-2/h10-11,13,15H,3-9H2,1-2H3. The molecule has 1 saturated heterocycles. The third-order valence-electron chi connectivity index (χ3n) is 3.14. The molecule has 0 aromatic carbocycles. The summed E-state index contributed by atoms with van der Waals surface area (Å²) in [6.45, 7) is 4.30. The van der Waals surface area contributed by atoms with E-state index in [9.17, 15) is 4.79 Å². The normalized spacial score (nSPS) is 22.2. The van der Waals surface area contributed by atoms with Crippen LogP contribution >= 0.6 is 0 Å². The second-order valence-corrected chi connectivity index (χ2v) is 4.45. The molecule has 0 aliphatic carbocycles. The second-order valence-electron chi connectivity index (χ2n) is 4.45. The fraction of sp³-hybridized carbons (Fsp3) is 0.917. The van der Waals surface area contributed by atoms with Gasteiger partial charge >= 0.3 is 0 Å². The molecule has 0 aromatic heterocycles.